The molecular weight excluding hydrogens is 192 g/mol. The first-order valence-corrected chi connectivity index (χ1v) is 5.74. The molecule has 0 N–H and O–H groups in total. The van der Waals surface area contributed by atoms with Crippen molar-refractivity contribution in [1.29, 1.82) is 0 Å². The normalized spacial score (nSPS) is 11.3. The van der Waals surface area contributed by atoms with Crippen LogP contribution in [0.4, 0.5) is 0 Å². The lowest BCUT2D eigenvalue weighted by atomic mass is 10.2. The third-order valence-electron chi connectivity index (χ3n) is 1.73. The number of methoxy groups -OCH3 is 1. The van der Waals surface area contributed by atoms with Gasteiger partial charge in [0.25, 0.3) is 0 Å². The zero-order valence-corrected chi connectivity index (χ0v) is 10.8. The number of esters is 1. The standard InChI is InChI=1S/C6H12O3.C6H14/c1-5(4-8-3)9-6(2)7;1-3-5-6-4-2/h5H,4H2,1-3H3;3-6H2,1-2H3. The molecule has 0 aromatic heterocycles. The summed E-state index contributed by atoms with van der Waals surface area (Å²) in [6.45, 7) is 8.09. The van der Waals surface area contributed by atoms with Gasteiger partial charge in [0, 0.05) is 14.0 Å². The van der Waals surface area contributed by atoms with Crippen LogP contribution in [0.15, 0.2) is 0 Å². The van der Waals surface area contributed by atoms with Crippen molar-refractivity contribution in [1.82, 2.24) is 0 Å². The highest BCUT2D eigenvalue weighted by molar-refractivity contribution is 5.66. The van der Waals surface area contributed by atoms with Crippen LogP contribution in [-0.2, 0) is 14.3 Å². The van der Waals surface area contributed by atoms with Gasteiger partial charge in [-0.25, -0.2) is 0 Å². The smallest absolute Gasteiger partial charge is 0.302 e. The molecule has 0 saturated carbocycles. The van der Waals surface area contributed by atoms with Crippen LogP contribution >= 0.6 is 0 Å². The number of ether oxygens (including phenoxy) is 2. The largest absolute Gasteiger partial charge is 0.460 e. The first kappa shape index (κ1) is 16.8. The molecule has 15 heavy (non-hydrogen) atoms. The van der Waals surface area contributed by atoms with Crippen molar-refractivity contribution in [2.75, 3.05) is 13.7 Å². The molecule has 0 spiro atoms. The summed E-state index contributed by atoms with van der Waals surface area (Å²) in [4.78, 5) is 10.3. The van der Waals surface area contributed by atoms with Crippen molar-refractivity contribution >= 4 is 5.97 Å². The van der Waals surface area contributed by atoms with Gasteiger partial charge in [0.15, 0.2) is 0 Å². The zero-order chi connectivity index (χ0) is 12.1. The molecule has 0 aromatic carbocycles. The van der Waals surface area contributed by atoms with E-state index in [0.717, 1.165) is 0 Å². The minimum atomic E-state index is -0.264. The average Bonchev–Trinajstić information content (AvgIpc) is 2.15. The van der Waals surface area contributed by atoms with Gasteiger partial charge in [0.05, 0.1) is 6.61 Å². The van der Waals surface area contributed by atoms with E-state index < -0.39 is 0 Å². The molecule has 1 unspecified atom stereocenters. The SMILES string of the molecule is CCCCCC.COCC(C)OC(C)=O. The summed E-state index contributed by atoms with van der Waals surface area (Å²) < 4.78 is 9.45. The van der Waals surface area contributed by atoms with Crippen molar-refractivity contribution in [2.24, 2.45) is 0 Å². The van der Waals surface area contributed by atoms with Gasteiger partial charge in [-0.3, -0.25) is 4.79 Å². The zero-order valence-electron chi connectivity index (χ0n) is 10.8. The Balaban J connectivity index is 0. The van der Waals surface area contributed by atoms with Crippen LogP contribution in [0.5, 0.6) is 0 Å². The van der Waals surface area contributed by atoms with Gasteiger partial charge >= 0.3 is 5.97 Å². The fraction of sp³-hybridized carbons (Fsp3) is 0.917. The Morgan fingerprint density at radius 2 is 1.67 bits per heavy atom. The lowest BCUT2D eigenvalue weighted by Gasteiger charge is -2.08. The number of hydrogen-bond acceptors (Lipinski definition) is 3. The minimum absolute atomic E-state index is 0.132. The second-order valence-corrected chi connectivity index (χ2v) is 3.58. The van der Waals surface area contributed by atoms with Gasteiger partial charge in [-0.2, -0.15) is 0 Å². The Morgan fingerprint density at radius 1 is 1.20 bits per heavy atom. The second kappa shape index (κ2) is 13.4. The van der Waals surface area contributed by atoms with Crippen LogP contribution in [0, 0.1) is 0 Å². The van der Waals surface area contributed by atoms with Crippen molar-refractivity contribution in [3.8, 4) is 0 Å². The molecular formula is C12H26O3. The summed E-state index contributed by atoms with van der Waals surface area (Å²) in [5.41, 5.74) is 0. The molecule has 0 saturated heterocycles. The molecule has 0 aliphatic heterocycles. The van der Waals surface area contributed by atoms with E-state index in [1.165, 1.54) is 32.6 Å². The maximum Gasteiger partial charge on any atom is 0.302 e. The molecule has 0 aliphatic carbocycles. The molecule has 0 bridgehead atoms. The fourth-order valence-electron chi connectivity index (χ4n) is 1.05. The van der Waals surface area contributed by atoms with Crippen molar-refractivity contribution in [3.05, 3.63) is 0 Å². The Labute approximate surface area is 94.1 Å². The van der Waals surface area contributed by atoms with E-state index in [9.17, 15) is 4.79 Å². The summed E-state index contributed by atoms with van der Waals surface area (Å²) >= 11 is 0. The lowest BCUT2D eigenvalue weighted by molar-refractivity contribution is -0.147. The van der Waals surface area contributed by atoms with E-state index in [0.29, 0.717) is 6.61 Å². The van der Waals surface area contributed by atoms with E-state index in [1.807, 2.05) is 0 Å². The van der Waals surface area contributed by atoms with Crippen LogP contribution < -0.4 is 0 Å². The molecule has 0 amide bonds. The summed E-state index contributed by atoms with van der Waals surface area (Å²) in [5.74, 6) is -0.264. The Kier molecular flexibility index (Phi) is 15.1. The first-order chi connectivity index (χ1) is 7.08. The molecule has 3 heteroatoms. The Morgan fingerprint density at radius 3 is 1.93 bits per heavy atom. The van der Waals surface area contributed by atoms with E-state index in [-0.39, 0.29) is 12.1 Å². The van der Waals surface area contributed by atoms with Gasteiger partial charge in [0.1, 0.15) is 6.10 Å². The summed E-state index contributed by atoms with van der Waals surface area (Å²) in [6.07, 6.45) is 5.40. The molecule has 0 aliphatic rings. The van der Waals surface area contributed by atoms with E-state index in [1.54, 1.807) is 14.0 Å². The predicted molar refractivity (Wildman–Crippen MR) is 62.9 cm³/mol. The number of carbonyl (C=O) groups excluding carboxylic acids is 1. The third-order valence-corrected chi connectivity index (χ3v) is 1.73. The van der Waals surface area contributed by atoms with E-state index >= 15 is 0 Å². The highest BCUT2D eigenvalue weighted by atomic mass is 16.6. The molecule has 0 aromatic rings. The van der Waals surface area contributed by atoms with Crippen molar-refractivity contribution in [3.63, 3.8) is 0 Å². The number of unbranched alkanes of at least 4 members (excludes halogenated alkanes) is 3. The minimum Gasteiger partial charge on any atom is -0.460 e. The molecule has 3 nitrogen and oxygen atoms in total. The second-order valence-electron chi connectivity index (χ2n) is 3.58. The topological polar surface area (TPSA) is 35.5 Å². The fourth-order valence-corrected chi connectivity index (χ4v) is 1.05. The molecule has 0 fully saturated rings. The van der Waals surface area contributed by atoms with Crippen LogP contribution in [-0.4, -0.2) is 25.8 Å². The summed E-state index contributed by atoms with van der Waals surface area (Å²) in [6, 6.07) is 0. The van der Waals surface area contributed by atoms with Gasteiger partial charge in [-0.05, 0) is 6.92 Å². The summed E-state index contributed by atoms with van der Waals surface area (Å²) in [7, 11) is 1.57. The van der Waals surface area contributed by atoms with Gasteiger partial charge in [-0.1, -0.05) is 39.5 Å². The molecule has 92 valence electrons. The van der Waals surface area contributed by atoms with Crippen LogP contribution in [0.3, 0.4) is 0 Å². The van der Waals surface area contributed by atoms with Crippen LogP contribution in [0.1, 0.15) is 53.4 Å². The Bertz CT molecular complexity index is 131. The number of carbonyl (C=O) groups is 1. The van der Waals surface area contributed by atoms with Crippen molar-refractivity contribution < 1.29 is 14.3 Å². The van der Waals surface area contributed by atoms with Crippen LogP contribution in [0.2, 0.25) is 0 Å². The lowest BCUT2D eigenvalue weighted by Crippen LogP contribution is -2.17. The molecule has 1 atom stereocenters. The van der Waals surface area contributed by atoms with Gasteiger partial charge < -0.3 is 9.47 Å². The molecule has 0 rings (SSSR count). The van der Waals surface area contributed by atoms with Gasteiger partial charge in [-0.15, -0.1) is 0 Å². The quantitative estimate of drug-likeness (QED) is 0.507. The number of rotatable bonds is 6. The average molecular weight is 218 g/mol. The van der Waals surface area contributed by atoms with Crippen molar-refractivity contribution in [2.45, 2.75) is 59.5 Å². The summed E-state index contributed by atoms with van der Waals surface area (Å²) in [5, 5.41) is 0. The maximum absolute atomic E-state index is 10.3. The molecule has 0 heterocycles. The number of hydrogen-bond donors (Lipinski definition) is 0. The molecule has 0 radical (unpaired) electrons. The highest BCUT2D eigenvalue weighted by Gasteiger charge is 2.02. The maximum atomic E-state index is 10.3. The first-order valence-electron chi connectivity index (χ1n) is 5.74. The Hall–Kier alpha value is -0.570. The van der Waals surface area contributed by atoms with Crippen LogP contribution in [0.25, 0.3) is 0 Å². The predicted octanol–water partition coefficient (Wildman–Crippen LogP) is 3.17. The van der Waals surface area contributed by atoms with E-state index in [4.69, 9.17) is 9.47 Å². The highest BCUT2D eigenvalue weighted by Crippen LogP contribution is 1.95. The third kappa shape index (κ3) is 19.7. The van der Waals surface area contributed by atoms with Gasteiger partial charge in [0.2, 0.25) is 0 Å². The monoisotopic (exact) mass is 218 g/mol. The van der Waals surface area contributed by atoms with E-state index in [2.05, 4.69) is 13.8 Å².